The largest absolute Gasteiger partial charge is 0.356 e. The van der Waals surface area contributed by atoms with Crippen LogP contribution in [-0.2, 0) is 9.59 Å². The van der Waals surface area contributed by atoms with Crippen LogP contribution in [0.3, 0.4) is 0 Å². The molecule has 318 valence electrons. The maximum Gasteiger partial charge on any atom is 0.223 e. The van der Waals surface area contributed by atoms with Crippen LogP contribution in [0.1, 0.15) is 241 Å². The molecule has 0 rings (SSSR count). The summed E-state index contributed by atoms with van der Waals surface area (Å²) in [6.07, 6.45) is 39.7. The van der Waals surface area contributed by atoms with Crippen LogP contribution in [0, 0.1) is 11.8 Å². The molecule has 0 radical (unpaired) electrons. The van der Waals surface area contributed by atoms with Gasteiger partial charge >= 0.3 is 0 Å². The van der Waals surface area contributed by atoms with Crippen molar-refractivity contribution in [2.45, 2.75) is 241 Å². The average Bonchev–Trinajstić information content (AvgIpc) is 3.14. The summed E-state index contributed by atoms with van der Waals surface area (Å²) in [7, 11) is 4.39. The van der Waals surface area contributed by atoms with Crippen LogP contribution in [0.2, 0.25) is 0 Å². The third-order valence-corrected chi connectivity index (χ3v) is 11.2. The topological polar surface area (TPSA) is 52.7 Å². The van der Waals surface area contributed by atoms with E-state index < -0.39 is 0 Å². The molecule has 5 nitrogen and oxygen atoms in total. The Balaban J connectivity index is 0. The van der Waals surface area contributed by atoms with Gasteiger partial charge in [0.1, 0.15) is 5.78 Å². The number of amides is 1. The monoisotopic (exact) mass is 750 g/mol. The van der Waals surface area contributed by atoms with E-state index in [0.717, 1.165) is 38.6 Å². The van der Waals surface area contributed by atoms with Crippen LogP contribution in [-0.4, -0.2) is 68.3 Å². The third-order valence-electron chi connectivity index (χ3n) is 11.2. The molecular formula is C48H99N3O2. The maximum absolute atomic E-state index is 12.7. The van der Waals surface area contributed by atoms with Crippen molar-refractivity contribution in [1.29, 1.82) is 0 Å². The zero-order chi connectivity index (χ0) is 39.6. The number of unbranched alkanes of at least 4 members (excludes halogenated alkanes) is 21. The highest BCUT2D eigenvalue weighted by Crippen LogP contribution is 2.19. The van der Waals surface area contributed by atoms with Crippen LogP contribution in [0.15, 0.2) is 0 Å². The van der Waals surface area contributed by atoms with E-state index in [1.54, 1.807) is 6.92 Å². The van der Waals surface area contributed by atoms with Gasteiger partial charge in [-0.2, -0.15) is 0 Å². The summed E-state index contributed by atoms with van der Waals surface area (Å²) in [5.74, 6) is 1.32. The van der Waals surface area contributed by atoms with E-state index >= 15 is 0 Å². The molecule has 1 N–H and O–H groups in total. The molecule has 0 aliphatic rings. The first-order valence-electron chi connectivity index (χ1n) is 23.9. The van der Waals surface area contributed by atoms with Gasteiger partial charge in [0, 0.05) is 31.5 Å². The number of carbonyl (C=O) groups excluding carboxylic acids is 2. The van der Waals surface area contributed by atoms with Gasteiger partial charge in [0.2, 0.25) is 5.91 Å². The summed E-state index contributed by atoms with van der Waals surface area (Å²) in [5.41, 5.74) is 0. The molecule has 0 aliphatic carbocycles. The Hall–Kier alpha value is -0.940. The molecule has 53 heavy (non-hydrogen) atoms. The van der Waals surface area contributed by atoms with E-state index in [1.807, 2.05) is 0 Å². The van der Waals surface area contributed by atoms with Crippen molar-refractivity contribution in [2.75, 3.05) is 46.8 Å². The highest BCUT2D eigenvalue weighted by Gasteiger charge is 2.17. The van der Waals surface area contributed by atoms with Gasteiger partial charge in [-0.15, -0.1) is 0 Å². The molecule has 0 saturated heterocycles. The first-order chi connectivity index (χ1) is 25.8. The third kappa shape index (κ3) is 40.5. The fourth-order valence-electron chi connectivity index (χ4n) is 7.34. The molecule has 5 heteroatoms. The molecule has 0 heterocycles. The SMILES string of the molecule is CCCCCCC(CCCC)C(C)=O.CCCCCCCCCCN(CCCCCCCCCNC(=O)C(CCCC)CCCCCC)CCN(C)C. The summed E-state index contributed by atoms with van der Waals surface area (Å²) in [5, 5.41) is 3.26. The van der Waals surface area contributed by atoms with Crippen molar-refractivity contribution in [3.8, 4) is 0 Å². The summed E-state index contributed by atoms with van der Waals surface area (Å²) in [4.78, 5) is 29.0. The molecule has 0 aromatic heterocycles. The number of nitrogens with zero attached hydrogens (tertiary/aromatic N) is 2. The van der Waals surface area contributed by atoms with Gasteiger partial charge < -0.3 is 15.1 Å². The number of rotatable bonds is 40. The van der Waals surface area contributed by atoms with E-state index in [4.69, 9.17) is 0 Å². The summed E-state index contributed by atoms with van der Waals surface area (Å²) in [6, 6.07) is 0. The standard InChI is InChI=1S/C35H73N3O.C13H26O/c1-6-9-12-14-15-18-21-25-30-38(33-32-37(4)5)31-26-22-19-16-17-20-24-29-36-35(39)34(27-11-8-3)28-23-13-10-7-2;1-4-6-8-9-11-13(12(3)14)10-7-5-2/h34H,6-33H2,1-5H3,(H,36,39);13H,4-11H2,1-3H3. The molecule has 0 aromatic rings. The van der Waals surface area contributed by atoms with E-state index in [0.29, 0.717) is 17.6 Å². The van der Waals surface area contributed by atoms with Crippen molar-refractivity contribution in [1.82, 2.24) is 15.1 Å². The lowest BCUT2D eigenvalue weighted by Crippen LogP contribution is -2.33. The van der Waals surface area contributed by atoms with Gasteiger partial charge in [-0.05, 0) is 79.1 Å². The lowest BCUT2D eigenvalue weighted by Gasteiger charge is -2.24. The number of Topliss-reactive ketones (excluding diaryl/α,β-unsaturated/α-hetero) is 1. The highest BCUT2D eigenvalue weighted by molar-refractivity contribution is 5.78. The molecule has 0 bridgehead atoms. The zero-order valence-corrected chi connectivity index (χ0v) is 37.8. The first kappa shape index (κ1) is 54.2. The first-order valence-corrected chi connectivity index (χ1v) is 23.9. The van der Waals surface area contributed by atoms with Gasteiger partial charge in [-0.3, -0.25) is 9.59 Å². The van der Waals surface area contributed by atoms with Gasteiger partial charge in [0.05, 0.1) is 0 Å². The van der Waals surface area contributed by atoms with Gasteiger partial charge in [-0.25, -0.2) is 0 Å². The van der Waals surface area contributed by atoms with Crippen molar-refractivity contribution < 1.29 is 9.59 Å². The van der Waals surface area contributed by atoms with Crippen LogP contribution in [0.4, 0.5) is 0 Å². The van der Waals surface area contributed by atoms with Crippen molar-refractivity contribution in [2.24, 2.45) is 11.8 Å². The molecule has 2 atom stereocenters. The maximum atomic E-state index is 12.7. The smallest absolute Gasteiger partial charge is 0.223 e. The van der Waals surface area contributed by atoms with E-state index in [2.05, 4.69) is 63.8 Å². The number of carbonyl (C=O) groups is 2. The Morgan fingerprint density at radius 2 is 0.774 bits per heavy atom. The van der Waals surface area contributed by atoms with Crippen molar-refractivity contribution in [3.05, 3.63) is 0 Å². The quantitative estimate of drug-likeness (QED) is 0.0634. The van der Waals surface area contributed by atoms with Gasteiger partial charge in [0.15, 0.2) is 0 Å². The van der Waals surface area contributed by atoms with Crippen LogP contribution < -0.4 is 5.32 Å². The molecule has 0 fully saturated rings. The Labute approximate surface area is 334 Å². The number of likely N-dealkylation sites (N-methyl/N-ethyl adjacent to an activating group) is 1. The van der Waals surface area contributed by atoms with Gasteiger partial charge in [0.25, 0.3) is 0 Å². The number of hydrogen-bond acceptors (Lipinski definition) is 4. The Morgan fingerprint density at radius 3 is 1.21 bits per heavy atom. The second-order valence-corrected chi connectivity index (χ2v) is 16.9. The minimum Gasteiger partial charge on any atom is -0.356 e. The van der Waals surface area contributed by atoms with Crippen molar-refractivity contribution >= 4 is 11.7 Å². The van der Waals surface area contributed by atoms with Crippen LogP contribution in [0.25, 0.3) is 0 Å². The zero-order valence-electron chi connectivity index (χ0n) is 37.8. The molecule has 0 saturated carbocycles. The summed E-state index contributed by atoms with van der Waals surface area (Å²) in [6.45, 7) is 18.8. The predicted molar refractivity (Wildman–Crippen MR) is 237 cm³/mol. The fourth-order valence-corrected chi connectivity index (χ4v) is 7.34. The molecule has 2 unspecified atom stereocenters. The van der Waals surface area contributed by atoms with E-state index in [1.165, 1.54) is 193 Å². The van der Waals surface area contributed by atoms with Crippen LogP contribution in [0.5, 0.6) is 0 Å². The van der Waals surface area contributed by atoms with Crippen LogP contribution >= 0.6 is 0 Å². The molecular weight excluding hydrogens is 651 g/mol. The van der Waals surface area contributed by atoms with Gasteiger partial charge in [-0.1, -0.05) is 189 Å². The summed E-state index contributed by atoms with van der Waals surface area (Å²) < 4.78 is 0. The predicted octanol–water partition coefficient (Wildman–Crippen LogP) is 14.0. The highest BCUT2D eigenvalue weighted by atomic mass is 16.1. The second-order valence-electron chi connectivity index (χ2n) is 16.9. The Kier molecular flexibility index (Phi) is 44.7. The molecule has 0 aliphatic heterocycles. The number of hydrogen-bond donors (Lipinski definition) is 1. The number of ketones is 1. The van der Waals surface area contributed by atoms with E-state index in [9.17, 15) is 9.59 Å². The van der Waals surface area contributed by atoms with Crippen molar-refractivity contribution in [3.63, 3.8) is 0 Å². The average molecular weight is 750 g/mol. The minimum atomic E-state index is 0.245. The molecule has 0 aromatic carbocycles. The number of nitrogens with one attached hydrogen (secondary N) is 1. The molecule has 1 amide bonds. The Bertz CT molecular complexity index is 742. The molecule has 0 spiro atoms. The normalized spacial score (nSPS) is 12.6. The van der Waals surface area contributed by atoms with E-state index in [-0.39, 0.29) is 5.92 Å². The lowest BCUT2D eigenvalue weighted by molar-refractivity contribution is -0.125. The lowest BCUT2D eigenvalue weighted by atomic mass is 9.92. The second kappa shape index (κ2) is 43.8. The summed E-state index contributed by atoms with van der Waals surface area (Å²) >= 11 is 0. The minimum absolute atomic E-state index is 0.245. The fraction of sp³-hybridized carbons (Fsp3) is 0.958. The Morgan fingerprint density at radius 1 is 0.415 bits per heavy atom.